The van der Waals surface area contributed by atoms with Crippen LogP contribution in [0.2, 0.25) is 0 Å². The second-order valence-electron chi connectivity index (χ2n) is 6.89. The summed E-state index contributed by atoms with van der Waals surface area (Å²) in [7, 11) is 2.21. The second-order valence-corrected chi connectivity index (χ2v) is 6.89. The first-order valence-corrected chi connectivity index (χ1v) is 8.06. The van der Waals surface area contributed by atoms with E-state index in [0.29, 0.717) is 12.1 Å². The summed E-state index contributed by atoms with van der Waals surface area (Å²) in [6.07, 6.45) is 3.62. The molecule has 0 saturated carbocycles. The van der Waals surface area contributed by atoms with E-state index in [-0.39, 0.29) is 6.10 Å². The molecule has 3 nitrogen and oxygen atoms in total. The average Bonchev–Trinajstić information content (AvgIpc) is 2.66. The van der Waals surface area contributed by atoms with Gasteiger partial charge in [0.25, 0.3) is 0 Å². The predicted octanol–water partition coefficient (Wildman–Crippen LogP) is 3.68. The van der Waals surface area contributed by atoms with E-state index in [4.69, 9.17) is 4.74 Å². The molecule has 2 bridgehead atoms. The van der Waals surface area contributed by atoms with Gasteiger partial charge in [-0.2, -0.15) is 5.11 Å². The van der Waals surface area contributed by atoms with Crippen molar-refractivity contribution in [3.05, 3.63) is 34.4 Å². The molecule has 21 heavy (non-hydrogen) atoms. The Bertz CT molecular complexity index is 491. The average molecular weight is 288 g/mol. The lowest BCUT2D eigenvalue weighted by atomic mass is 9.99. The lowest BCUT2D eigenvalue weighted by Gasteiger charge is -2.36. The Labute approximate surface area is 127 Å². The van der Waals surface area contributed by atoms with Crippen LogP contribution in [0, 0.1) is 20.8 Å². The molecule has 2 aliphatic heterocycles. The van der Waals surface area contributed by atoms with Crippen molar-refractivity contribution in [3.8, 4) is 0 Å². The fraction of sp³-hybridized carbons (Fsp3) is 0.667. The van der Waals surface area contributed by atoms with Gasteiger partial charge in [-0.05, 0) is 70.2 Å². The minimum atomic E-state index is -1.05. The molecule has 0 aliphatic carbocycles. The molecular formula is C18H26NO2. The molecular weight excluding hydrogens is 262 g/mol. The third-order valence-electron chi connectivity index (χ3n) is 5.59. The van der Waals surface area contributed by atoms with Gasteiger partial charge >= 0.3 is 0 Å². The molecule has 1 radical (unpaired) electrons. The van der Waals surface area contributed by atoms with E-state index >= 15 is 0 Å². The Balaban J connectivity index is 1.68. The maximum Gasteiger partial charge on any atom is 0.217 e. The van der Waals surface area contributed by atoms with Gasteiger partial charge in [-0.25, -0.2) is 0 Å². The second kappa shape index (κ2) is 5.71. The summed E-state index contributed by atoms with van der Waals surface area (Å²) < 4.78 is 5.87. The summed E-state index contributed by atoms with van der Waals surface area (Å²) in [5.41, 5.74) is 4.40. The van der Waals surface area contributed by atoms with E-state index in [0.717, 1.165) is 18.4 Å². The maximum absolute atomic E-state index is 12.5. The Morgan fingerprint density at radius 2 is 1.62 bits per heavy atom. The number of benzene rings is 1. The molecule has 3 unspecified atom stereocenters. The van der Waals surface area contributed by atoms with Gasteiger partial charge in [0.15, 0.2) is 0 Å². The molecule has 0 spiro atoms. The number of aryl methyl sites for hydroxylation is 2. The van der Waals surface area contributed by atoms with Crippen LogP contribution < -0.4 is 0 Å². The molecule has 2 saturated heterocycles. The van der Waals surface area contributed by atoms with Crippen molar-refractivity contribution < 1.29 is 9.84 Å². The Morgan fingerprint density at radius 1 is 1.10 bits per heavy atom. The SMILES string of the molecule is Cc1cc(C([O])OC2CC3CCC(C2)N3C)cc(C)c1C. The first-order valence-electron chi connectivity index (χ1n) is 8.06. The first-order chi connectivity index (χ1) is 9.95. The quantitative estimate of drug-likeness (QED) is 0.795. The highest BCUT2D eigenvalue weighted by Crippen LogP contribution is 2.37. The van der Waals surface area contributed by atoms with Crippen LogP contribution in [0.15, 0.2) is 12.1 Å². The van der Waals surface area contributed by atoms with Gasteiger partial charge in [-0.3, -0.25) is 0 Å². The highest BCUT2D eigenvalue weighted by Gasteiger charge is 2.39. The maximum atomic E-state index is 12.5. The lowest BCUT2D eigenvalue weighted by molar-refractivity contribution is -0.188. The minimum absolute atomic E-state index is 0.128. The molecule has 115 valence electrons. The van der Waals surface area contributed by atoms with Gasteiger partial charge in [0.1, 0.15) is 0 Å². The summed E-state index contributed by atoms with van der Waals surface area (Å²) in [6, 6.07) is 5.21. The van der Waals surface area contributed by atoms with Crippen molar-refractivity contribution in [2.24, 2.45) is 0 Å². The van der Waals surface area contributed by atoms with Crippen molar-refractivity contribution >= 4 is 0 Å². The number of piperidine rings is 1. The molecule has 2 aliphatic rings. The lowest BCUT2D eigenvalue weighted by Crippen LogP contribution is -2.43. The standard InChI is InChI=1S/C18H26NO2/c1-11-7-14(8-12(2)13(11)3)18(20)21-17-9-15-5-6-16(10-17)19(15)4/h7-8,15-18H,5-6,9-10H2,1-4H3. The van der Waals surface area contributed by atoms with Crippen LogP contribution in [-0.2, 0) is 9.84 Å². The van der Waals surface area contributed by atoms with Crippen LogP contribution in [0.5, 0.6) is 0 Å². The number of ether oxygens (including phenoxy) is 1. The molecule has 0 N–H and O–H groups in total. The number of nitrogens with zero attached hydrogens (tertiary/aromatic N) is 1. The van der Waals surface area contributed by atoms with Crippen LogP contribution in [0.4, 0.5) is 0 Å². The topological polar surface area (TPSA) is 32.4 Å². The highest BCUT2D eigenvalue weighted by molar-refractivity contribution is 5.37. The highest BCUT2D eigenvalue weighted by atomic mass is 16.6. The monoisotopic (exact) mass is 288 g/mol. The number of hydrogen-bond acceptors (Lipinski definition) is 2. The van der Waals surface area contributed by atoms with Crippen LogP contribution in [0.25, 0.3) is 0 Å². The van der Waals surface area contributed by atoms with Crippen molar-refractivity contribution in [2.45, 2.75) is 70.9 Å². The van der Waals surface area contributed by atoms with Crippen molar-refractivity contribution in [1.82, 2.24) is 4.90 Å². The molecule has 3 atom stereocenters. The minimum Gasteiger partial charge on any atom is -0.343 e. The van der Waals surface area contributed by atoms with Gasteiger partial charge in [0, 0.05) is 17.6 Å². The van der Waals surface area contributed by atoms with Gasteiger partial charge in [-0.1, -0.05) is 12.1 Å². The van der Waals surface area contributed by atoms with E-state index in [2.05, 4.69) is 32.7 Å². The number of fused-ring (bicyclic) bond motifs is 2. The van der Waals surface area contributed by atoms with E-state index in [1.165, 1.54) is 29.5 Å². The third-order valence-corrected chi connectivity index (χ3v) is 5.59. The molecule has 1 aromatic rings. The summed E-state index contributed by atoms with van der Waals surface area (Å²) >= 11 is 0. The zero-order valence-corrected chi connectivity index (χ0v) is 13.6. The van der Waals surface area contributed by atoms with E-state index in [1.54, 1.807) is 0 Å². The van der Waals surface area contributed by atoms with Gasteiger partial charge in [0.2, 0.25) is 6.29 Å². The first kappa shape index (κ1) is 15.0. The Hall–Kier alpha value is -0.900. The zero-order chi connectivity index (χ0) is 15.1. The van der Waals surface area contributed by atoms with Crippen molar-refractivity contribution in [2.75, 3.05) is 7.05 Å². The fourth-order valence-corrected chi connectivity index (χ4v) is 3.93. The Kier molecular flexibility index (Phi) is 4.08. The zero-order valence-electron chi connectivity index (χ0n) is 13.6. The third kappa shape index (κ3) is 2.87. The summed E-state index contributed by atoms with van der Waals surface area (Å²) in [6.45, 7) is 6.23. The van der Waals surface area contributed by atoms with Crippen molar-refractivity contribution in [1.29, 1.82) is 0 Å². The van der Waals surface area contributed by atoms with Crippen LogP contribution in [-0.4, -0.2) is 30.1 Å². The summed E-state index contributed by atoms with van der Waals surface area (Å²) in [4.78, 5) is 2.47. The van der Waals surface area contributed by atoms with E-state index in [1.807, 2.05) is 12.1 Å². The predicted molar refractivity (Wildman–Crippen MR) is 82.8 cm³/mol. The smallest absolute Gasteiger partial charge is 0.217 e. The van der Waals surface area contributed by atoms with Crippen LogP contribution in [0.3, 0.4) is 0 Å². The number of rotatable bonds is 3. The number of hydrogen-bond donors (Lipinski definition) is 0. The van der Waals surface area contributed by atoms with Gasteiger partial charge in [-0.15, -0.1) is 0 Å². The largest absolute Gasteiger partial charge is 0.343 e. The van der Waals surface area contributed by atoms with Gasteiger partial charge < -0.3 is 9.64 Å². The fourth-order valence-electron chi connectivity index (χ4n) is 3.93. The molecule has 2 heterocycles. The van der Waals surface area contributed by atoms with Crippen LogP contribution >= 0.6 is 0 Å². The molecule has 2 fully saturated rings. The Morgan fingerprint density at radius 3 is 2.14 bits per heavy atom. The molecule has 0 amide bonds. The molecule has 1 aromatic carbocycles. The summed E-state index contributed by atoms with van der Waals surface area (Å²) in [5, 5.41) is 12.5. The molecule has 3 heteroatoms. The van der Waals surface area contributed by atoms with Crippen molar-refractivity contribution in [3.63, 3.8) is 0 Å². The van der Waals surface area contributed by atoms with E-state index in [9.17, 15) is 5.11 Å². The summed E-state index contributed by atoms with van der Waals surface area (Å²) in [5.74, 6) is 0. The molecule has 0 aromatic heterocycles. The van der Waals surface area contributed by atoms with E-state index < -0.39 is 6.29 Å². The van der Waals surface area contributed by atoms with Crippen LogP contribution in [0.1, 0.15) is 54.2 Å². The van der Waals surface area contributed by atoms with Gasteiger partial charge in [0.05, 0.1) is 6.10 Å². The molecule has 3 rings (SSSR count). The normalized spacial score (nSPS) is 30.6.